The van der Waals surface area contributed by atoms with E-state index in [0.717, 1.165) is 33.0 Å². The summed E-state index contributed by atoms with van der Waals surface area (Å²) < 4.78 is 12.5. The van der Waals surface area contributed by atoms with Crippen molar-refractivity contribution in [3.05, 3.63) is 78.4 Å². The minimum absolute atomic E-state index is 0.382. The Labute approximate surface area is 211 Å². The van der Waals surface area contributed by atoms with Crippen LogP contribution in [-0.2, 0) is 0 Å². The van der Waals surface area contributed by atoms with Crippen LogP contribution in [0.25, 0.3) is 20.8 Å². The van der Waals surface area contributed by atoms with Crippen molar-refractivity contribution in [1.82, 2.24) is 4.98 Å². The van der Waals surface area contributed by atoms with Gasteiger partial charge in [0.1, 0.15) is 16.5 Å². The van der Waals surface area contributed by atoms with Gasteiger partial charge in [0, 0.05) is 5.56 Å². The van der Waals surface area contributed by atoms with E-state index in [2.05, 4.69) is 18.0 Å². The van der Waals surface area contributed by atoms with Crippen LogP contribution in [0.5, 0.6) is 11.5 Å². The van der Waals surface area contributed by atoms with Crippen molar-refractivity contribution in [3.8, 4) is 22.1 Å². The van der Waals surface area contributed by atoms with Gasteiger partial charge in [0.2, 0.25) is 0 Å². The molecule has 4 nitrogen and oxygen atoms in total. The summed E-state index contributed by atoms with van der Waals surface area (Å²) in [6.07, 6.45) is 10.2. The molecule has 1 aromatic heterocycles. The second-order valence-electron chi connectivity index (χ2n) is 8.75. The Morgan fingerprint density at radius 1 is 0.771 bits per heavy atom. The van der Waals surface area contributed by atoms with Gasteiger partial charge in [-0.25, -0.2) is 9.78 Å². The van der Waals surface area contributed by atoms with E-state index in [1.807, 2.05) is 42.5 Å². The van der Waals surface area contributed by atoms with Crippen molar-refractivity contribution in [3.63, 3.8) is 0 Å². The topological polar surface area (TPSA) is 48.4 Å². The number of fused-ring (bicyclic) bond motifs is 1. The van der Waals surface area contributed by atoms with Gasteiger partial charge in [0.25, 0.3) is 0 Å². The van der Waals surface area contributed by atoms with Crippen LogP contribution in [0.1, 0.15) is 68.6 Å². The van der Waals surface area contributed by atoms with Crippen molar-refractivity contribution in [2.75, 3.05) is 6.61 Å². The zero-order valence-corrected chi connectivity index (χ0v) is 21.2. The quantitative estimate of drug-likeness (QED) is 0.107. The SMILES string of the molecule is CCCCCCCCCCOc1ccc(C(=O)Oc2ccc(-c3nc4ccccc4s3)cc2)cc1. The molecule has 3 aromatic carbocycles. The number of thiazole rings is 1. The van der Waals surface area contributed by atoms with Crippen LogP contribution in [0.15, 0.2) is 72.8 Å². The van der Waals surface area contributed by atoms with Crippen molar-refractivity contribution in [1.29, 1.82) is 0 Å². The number of benzene rings is 3. The van der Waals surface area contributed by atoms with E-state index in [-0.39, 0.29) is 5.97 Å². The Morgan fingerprint density at radius 2 is 1.43 bits per heavy atom. The molecule has 0 unspecified atom stereocenters. The molecule has 4 aromatic rings. The Balaban J connectivity index is 1.21. The molecule has 4 rings (SSSR count). The fourth-order valence-electron chi connectivity index (χ4n) is 3.94. The fraction of sp³-hybridized carbons (Fsp3) is 0.333. The Morgan fingerprint density at radius 3 is 2.14 bits per heavy atom. The van der Waals surface area contributed by atoms with Gasteiger partial charge in [-0.2, -0.15) is 0 Å². The molecule has 0 aliphatic carbocycles. The lowest BCUT2D eigenvalue weighted by Crippen LogP contribution is -2.08. The molecule has 0 N–H and O–H groups in total. The van der Waals surface area contributed by atoms with E-state index in [4.69, 9.17) is 9.47 Å². The Bertz CT molecular complexity index is 1170. The molecule has 0 aliphatic heterocycles. The van der Waals surface area contributed by atoms with Crippen molar-refractivity contribution in [2.24, 2.45) is 0 Å². The highest BCUT2D eigenvalue weighted by molar-refractivity contribution is 7.21. The molecule has 0 aliphatic rings. The van der Waals surface area contributed by atoms with Gasteiger partial charge < -0.3 is 9.47 Å². The standard InChI is InChI=1S/C30H33NO3S/c1-2-3-4-5-6-7-8-11-22-33-25-18-16-24(17-19-25)30(32)34-26-20-14-23(15-21-26)29-31-27-12-9-10-13-28(27)35-29/h9-10,12-21H,2-8,11,22H2,1H3. The summed E-state index contributed by atoms with van der Waals surface area (Å²) in [6, 6.07) is 22.7. The first kappa shape index (κ1) is 24.9. The average Bonchev–Trinajstić information content (AvgIpc) is 3.33. The maximum Gasteiger partial charge on any atom is 0.343 e. The van der Waals surface area contributed by atoms with E-state index < -0.39 is 0 Å². The second-order valence-corrected chi connectivity index (χ2v) is 9.78. The van der Waals surface area contributed by atoms with Crippen LogP contribution >= 0.6 is 11.3 Å². The summed E-state index contributed by atoms with van der Waals surface area (Å²) >= 11 is 1.65. The highest BCUT2D eigenvalue weighted by Gasteiger charge is 2.10. The molecule has 0 fully saturated rings. The molecule has 35 heavy (non-hydrogen) atoms. The first-order valence-corrected chi connectivity index (χ1v) is 13.5. The van der Waals surface area contributed by atoms with E-state index in [1.165, 1.54) is 44.9 Å². The third-order valence-corrected chi connectivity index (χ3v) is 7.05. The first-order chi connectivity index (χ1) is 17.2. The molecule has 0 saturated carbocycles. The third-order valence-electron chi connectivity index (χ3n) is 5.96. The van der Waals surface area contributed by atoms with Crippen LogP contribution in [0.2, 0.25) is 0 Å². The molecule has 0 radical (unpaired) electrons. The monoisotopic (exact) mass is 487 g/mol. The second kappa shape index (κ2) is 13.1. The number of nitrogens with zero attached hydrogens (tertiary/aromatic N) is 1. The largest absolute Gasteiger partial charge is 0.494 e. The van der Waals surface area contributed by atoms with E-state index >= 15 is 0 Å². The highest BCUT2D eigenvalue weighted by Crippen LogP contribution is 2.31. The van der Waals surface area contributed by atoms with Crippen LogP contribution in [0.4, 0.5) is 0 Å². The number of ether oxygens (including phenoxy) is 2. The lowest BCUT2D eigenvalue weighted by molar-refractivity contribution is 0.0734. The van der Waals surface area contributed by atoms with E-state index in [9.17, 15) is 4.79 Å². The Hall–Kier alpha value is -3.18. The smallest absolute Gasteiger partial charge is 0.343 e. The van der Waals surface area contributed by atoms with Gasteiger partial charge in [-0.15, -0.1) is 11.3 Å². The summed E-state index contributed by atoms with van der Waals surface area (Å²) in [5.74, 6) is 0.909. The number of esters is 1. The van der Waals surface area contributed by atoms with Gasteiger partial charge in [-0.1, -0.05) is 64.0 Å². The summed E-state index contributed by atoms with van der Waals surface area (Å²) in [7, 11) is 0. The van der Waals surface area contributed by atoms with Crippen molar-refractivity contribution in [2.45, 2.75) is 58.3 Å². The molecule has 0 atom stereocenters. The molecule has 0 amide bonds. The number of hydrogen-bond acceptors (Lipinski definition) is 5. The maximum absolute atomic E-state index is 12.6. The van der Waals surface area contributed by atoms with Crippen LogP contribution in [0, 0.1) is 0 Å². The number of unbranched alkanes of at least 4 members (excludes halogenated alkanes) is 7. The van der Waals surface area contributed by atoms with Crippen LogP contribution in [0.3, 0.4) is 0 Å². The molecule has 5 heteroatoms. The Kier molecular flexibility index (Phi) is 9.30. The summed E-state index contributed by atoms with van der Waals surface area (Å²) in [4.78, 5) is 17.2. The number of carbonyl (C=O) groups is 1. The predicted molar refractivity (Wildman–Crippen MR) is 145 cm³/mol. The number of rotatable bonds is 13. The third kappa shape index (κ3) is 7.40. The number of aromatic nitrogens is 1. The van der Waals surface area contributed by atoms with Crippen molar-refractivity contribution >= 4 is 27.5 Å². The zero-order chi connectivity index (χ0) is 24.3. The molecule has 0 saturated heterocycles. The number of para-hydroxylation sites is 1. The lowest BCUT2D eigenvalue weighted by atomic mass is 10.1. The summed E-state index contributed by atoms with van der Waals surface area (Å²) in [6.45, 7) is 2.96. The summed E-state index contributed by atoms with van der Waals surface area (Å²) in [5.41, 5.74) is 2.50. The normalized spacial score (nSPS) is 11.0. The van der Waals surface area contributed by atoms with E-state index in [1.54, 1.807) is 35.6 Å². The molecule has 182 valence electrons. The van der Waals surface area contributed by atoms with Gasteiger partial charge >= 0.3 is 5.97 Å². The number of hydrogen-bond donors (Lipinski definition) is 0. The summed E-state index contributed by atoms with van der Waals surface area (Å²) in [5, 5.41) is 0.951. The molecular weight excluding hydrogens is 454 g/mol. The molecule has 1 heterocycles. The van der Waals surface area contributed by atoms with Crippen molar-refractivity contribution < 1.29 is 14.3 Å². The maximum atomic E-state index is 12.6. The van der Waals surface area contributed by atoms with Gasteiger partial charge in [-0.3, -0.25) is 0 Å². The minimum Gasteiger partial charge on any atom is -0.494 e. The average molecular weight is 488 g/mol. The van der Waals surface area contributed by atoms with Gasteiger partial charge in [0.15, 0.2) is 0 Å². The van der Waals surface area contributed by atoms with Crippen LogP contribution in [-0.4, -0.2) is 17.6 Å². The molecular formula is C30H33NO3S. The molecule has 0 bridgehead atoms. The number of carbonyl (C=O) groups excluding carboxylic acids is 1. The molecule has 0 spiro atoms. The predicted octanol–water partition coefficient (Wildman–Crippen LogP) is 8.70. The minimum atomic E-state index is -0.382. The zero-order valence-electron chi connectivity index (χ0n) is 20.4. The van der Waals surface area contributed by atoms with Crippen LogP contribution < -0.4 is 9.47 Å². The van der Waals surface area contributed by atoms with Gasteiger partial charge in [0.05, 0.1) is 22.4 Å². The lowest BCUT2D eigenvalue weighted by Gasteiger charge is -2.08. The van der Waals surface area contributed by atoms with E-state index in [0.29, 0.717) is 17.9 Å². The first-order valence-electron chi connectivity index (χ1n) is 12.6. The fourth-order valence-corrected chi connectivity index (χ4v) is 4.91. The van der Waals surface area contributed by atoms with Gasteiger partial charge in [-0.05, 0) is 67.1 Å². The highest BCUT2D eigenvalue weighted by atomic mass is 32.1.